The van der Waals surface area contributed by atoms with Gasteiger partial charge in [0.25, 0.3) is 0 Å². The quantitative estimate of drug-likeness (QED) is 0.792. The fraction of sp³-hybridized carbons (Fsp3) is 0.235. The van der Waals surface area contributed by atoms with Crippen LogP contribution in [0.15, 0.2) is 47.8 Å². The molecule has 0 spiro atoms. The lowest BCUT2D eigenvalue weighted by atomic mass is 9.97. The molecule has 0 aliphatic rings. The third kappa shape index (κ3) is 2.89. The molecule has 1 heterocycles. The molecule has 2 nitrogen and oxygen atoms in total. The number of hydrogen-bond acceptors (Lipinski definition) is 3. The molecule has 0 bridgehead atoms. The SMILES string of the molecule is Cc1nc(CC(N)Cc2cccc3ccccc23)cs1. The summed E-state index contributed by atoms with van der Waals surface area (Å²) in [5.74, 6) is 0. The van der Waals surface area contributed by atoms with Crippen molar-refractivity contribution in [3.05, 3.63) is 64.1 Å². The van der Waals surface area contributed by atoms with Gasteiger partial charge in [0, 0.05) is 17.8 Å². The summed E-state index contributed by atoms with van der Waals surface area (Å²) in [5, 5.41) is 5.80. The summed E-state index contributed by atoms with van der Waals surface area (Å²) < 4.78 is 0. The molecule has 0 aliphatic heterocycles. The van der Waals surface area contributed by atoms with Crippen LogP contribution in [0.3, 0.4) is 0 Å². The van der Waals surface area contributed by atoms with E-state index in [1.165, 1.54) is 16.3 Å². The van der Waals surface area contributed by atoms with E-state index < -0.39 is 0 Å². The van der Waals surface area contributed by atoms with E-state index in [4.69, 9.17) is 5.73 Å². The van der Waals surface area contributed by atoms with Crippen molar-refractivity contribution in [2.75, 3.05) is 0 Å². The molecular weight excluding hydrogens is 264 g/mol. The molecule has 0 fully saturated rings. The average molecular weight is 282 g/mol. The first-order valence-corrected chi connectivity index (χ1v) is 7.73. The molecule has 3 heteroatoms. The first-order valence-electron chi connectivity index (χ1n) is 6.85. The standard InChI is InChI=1S/C17H18N2S/c1-12-19-16(11-20-12)10-15(18)9-14-7-4-6-13-5-2-3-8-17(13)14/h2-8,11,15H,9-10,18H2,1H3. The Morgan fingerprint density at radius 1 is 1.10 bits per heavy atom. The molecule has 20 heavy (non-hydrogen) atoms. The van der Waals surface area contributed by atoms with Crippen LogP contribution in [0.1, 0.15) is 16.3 Å². The van der Waals surface area contributed by atoms with E-state index in [2.05, 4.69) is 52.8 Å². The molecule has 0 aliphatic carbocycles. The Morgan fingerprint density at radius 3 is 2.70 bits per heavy atom. The van der Waals surface area contributed by atoms with Crippen LogP contribution in [0.25, 0.3) is 10.8 Å². The average Bonchev–Trinajstić information content (AvgIpc) is 2.84. The lowest BCUT2D eigenvalue weighted by Crippen LogP contribution is -2.25. The van der Waals surface area contributed by atoms with Crippen LogP contribution < -0.4 is 5.73 Å². The van der Waals surface area contributed by atoms with Gasteiger partial charge in [-0.1, -0.05) is 42.5 Å². The molecule has 102 valence electrons. The Kier molecular flexibility index (Phi) is 3.81. The number of thiazole rings is 1. The zero-order chi connectivity index (χ0) is 13.9. The Morgan fingerprint density at radius 2 is 1.90 bits per heavy atom. The third-order valence-electron chi connectivity index (χ3n) is 3.50. The number of nitrogens with two attached hydrogens (primary N) is 1. The highest BCUT2D eigenvalue weighted by molar-refractivity contribution is 7.09. The van der Waals surface area contributed by atoms with Crippen molar-refractivity contribution in [1.29, 1.82) is 0 Å². The number of fused-ring (bicyclic) bond motifs is 1. The molecule has 2 aromatic carbocycles. The lowest BCUT2D eigenvalue weighted by molar-refractivity contribution is 0.658. The van der Waals surface area contributed by atoms with Crippen LogP contribution in [0, 0.1) is 6.92 Å². The fourth-order valence-electron chi connectivity index (χ4n) is 2.60. The number of hydrogen-bond donors (Lipinski definition) is 1. The summed E-state index contributed by atoms with van der Waals surface area (Å²) in [6.45, 7) is 2.03. The predicted molar refractivity (Wildman–Crippen MR) is 86.2 cm³/mol. The summed E-state index contributed by atoms with van der Waals surface area (Å²) in [6, 6.07) is 15.0. The molecule has 0 saturated carbocycles. The van der Waals surface area contributed by atoms with Gasteiger partial charge < -0.3 is 5.73 Å². The minimum Gasteiger partial charge on any atom is -0.327 e. The Labute approximate surface area is 123 Å². The van der Waals surface area contributed by atoms with Gasteiger partial charge in [0.2, 0.25) is 0 Å². The summed E-state index contributed by atoms with van der Waals surface area (Å²) in [4.78, 5) is 4.49. The van der Waals surface area contributed by atoms with E-state index in [-0.39, 0.29) is 6.04 Å². The van der Waals surface area contributed by atoms with Gasteiger partial charge in [0.15, 0.2) is 0 Å². The molecule has 1 aromatic heterocycles. The van der Waals surface area contributed by atoms with Gasteiger partial charge in [-0.2, -0.15) is 0 Å². The topological polar surface area (TPSA) is 38.9 Å². The summed E-state index contributed by atoms with van der Waals surface area (Å²) in [7, 11) is 0. The zero-order valence-electron chi connectivity index (χ0n) is 11.5. The second kappa shape index (κ2) is 5.73. The van der Waals surface area contributed by atoms with Crippen LogP contribution >= 0.6 is 11.3 Å². The second-order valence-electron chi connectivity index (χ2n) is 5.16. The maximum atomic E-state index is 6.30. The van der Waals surface area contributed by atoms with Gasteiger partial charge in [0.1, 0.15) is 0 Å². The number of aromatic nitrogens is 1. The first-order chi connectivity index (χ1) is 9.72. The van der Waals surface area contributed by atoms with Crippen LogP contribution in [0.2, 0.25) is 0 Å². The van der Waals surface area contributed by atoms with Crippen molar-refractivity contribution in [2.45, 2.75) is 25.8 Å². The lowest BCUT2D eigenvalue weighted by Gasteiger charge is -2.12. The van der Waals surface area contributed by atoms with E-state index in [1.807, 2.05) is 6.92 Å². The minimum atomic E-state index is 0.113. The van der Waals surface area contributed by atoms with Crippen molar-refractivity contribution in [3.8, 4) is 0 Å². The van der Waals surface area contributed by atoms with Crippen molar-refractivity contribution in [2.24, 2.45) is 5.73 Å². The van der Waals surface area contributed by atoms with Gasteiger partial charge in [0.05, 0.1) is 10.7 Å². The molecule has 3 rings (SSSR count). The van der Waals surface area contributed by atoms with E-state index in [1.54, 1.807) is 11.3 Å². The molecule has 0 radical (unpaired) electrons. The highest BCUT2D eigenvalue weighted by Crippen LogP contribution is 2.20. The normalized spacial score (nSPS) is 12.7. The Hall–Kier alpha value is -1.71. The number of aryl methyl sites for hydroxylation is 1. The largest absolute Gasteiger partial charge is 0.327 e. The molecule has 0 amide bonds. The maximum absolute atomic E-state index is 6.30. The van der Waals surface area contributed by atoms with Gasteiger partial charge >= 0.3 is 0 Å². The minimum absolute atomic E-state index is 0.113. The van der Waals surface area contributed by atoms with Gasteiger partial charge in [-0.05, 0) is 29.7 Å². The van der Waals surface area contributed by atoms with Crippen LogP contribution in [-0.4, -0.2) is 11.0 Å². The van der Waals surface area contributed by atoms with E-state index in [0.717, 1.165) is 23.5 Å². The smallest absolute Gasteiger partial charge is 0.0897 e. The second-order valence-corrected chi connectivity index (χ2v) is 6.23. The molecule has 2 N–H and O–H groups in total. The van der Waals surface area contributed by atoms with Crippen molar-refractivity contribution >= 4 is 22.1 Å². The van der Waals surface area contributed by atoms with Gasteiger partial charge in [-0.3, -0.25) is 0 Å². The van der Waals surface area contributed by atoms with Crippen LogP contribution in [0.5, 0.6) is 0 Å². The highest BCUT2D eigenvalue weighted by atomic mass is 32.1. The summed E-state index contributed by atoms with van der Waals surface area (Å²) in [6.07, 6.45) is 1.73. The third-order valence-corrected chi connectivity index (χ3v) is 4.32. The van der Waals surface area contributed by atoms with E-state index >= 15 is 0 Å². The highest BCUT2D eigenvalue weighted by Gasteiger charge is 2.09. The zero-order valence-corrected chi connectivity index (χ0v) is 12.4. The van der Waals surface area contributed by atoms with Gasteiger partial charge in [-0.15, -0.1) is 11.3 Å². The van der Waals surface area contributed by atoms with Crippen LogP contribution in [0.4, 0.5) is 0 Å². The van der Waals surface area contributed by atoms with Gasteiger partial charge in [-0.25, -0.2) is 4.98 Å². The number of nitrogens with zero attached hydrogens (tertiary/aromatic N) is 1. The molecule has 3 aromatic rings. The Bertz CT molecular complexity index is 712. The molecule has 0 saturated heterocycles. The van der Waals surface area contributed by atoms with Crippen molar-refractivity contribution < 1.29 is 0 Å². The predicted octanol–water partition coefficient (Wildman–Crippen LogP) is 3.72. The fourth-order valence-corrected chi connectivity index (χ4v) is 3.22. The molecule has 1 unspecified atom stereocenters. The Balaban J connectivity index is 1.79. The summed E-state index contributed by atoms with van der Waals surface area (Å²) >= 11 is 1.69. The van der Waals surface area contributed by atoms with E-state index in [0.29, 0.717) is 0 Å². The maximum Gasteiger partial charge on any atom is 0.0897 e. The summed E-state index contributed by atoms with van der Waals surface area (Å²) in [5.41, 5.74) is 8.74. The first kappa shape index (κ1) is 13.3. The van der Waals surface area contributed by atoms with Crippen molar-refractivity contribution in [3.63, 3.8) is 0 Å². The number of benzene rings is 2. The number of rotatable bonds is 4. The molecule has 1 atom stereocenters. The monoisotopic (exact) mass is 282 g/mol. The molecular formula is C17H18N2S. The van der Waals surface area contributed by atoms with E-state index in [9.17, 15) is 0 Å². The van der Waals surface area contributed by atoms with Crippen LogP contribution in [-0.2, 0) is 12.8 Å². The van der Waals surface area contributed by atoms with Crippen molar-refractivity contribution in [1.82, 2.24) is 4.98 Å².